The largest absolute Gasteiger partial charge is 0.512 e. The van der Waals surface area contributed by atoms with Crippen LogP contribution in [0.25, 0.3) is 0 Å². The Hall–Kier alpha value is -1.20. The monoisotopic (exact) mass is 147 g/mol. The van der Waals surface area contributed by atoms with Crippen LogP contribution in [0.5, 0.6) is 0 Å². The van der Waals surface area contributed by atoms with Crippen molar-refractivity contribution in [3.63, 3.8) is 0 Å². The molecule has 0 spiro atoms. The summed E-state index contributed by atoms with van der Waals surface area (Å²) in [6, 6.07) is 0. The fraction of sp³-hybridized carbons (Fsp3) is 0.200. The molecule has 0 aromatic carbocycles. The first-order valence-corrected chi connectivity index (χ1v) is 2.47. The van der Waals surface area contributed by atoms with Gasteiger partial charge in [0.2, 0.25) is 0 Å². The standard InChI is InChI=1S/C5H9NO4/c6-10-2-1-4(8)5(9)3-7/h1,3,7-9H,2,6H2/b4-1+,5-3-. The normalized spacial score (nSPS) is 13.7. The molecule has 0 aromatic heterocycles. The van der Waals surface area contributed by atoms with Gasteiger partial charge in [-0.2, -0.15) is 0 Å². The summed E-state index contributed by atoms with van der Waals surface area (Å²) < 4.78 is 0. The molecule has 0 aromatic rings. The van der Waals surface area contributed by atoms with E-state index in [2.05, 4.69) is 10.7 Å². The Kier molecular flexibility index (Phi) is 4.10. The smallest absolute Gasteiger partial charge is 0.192 e. The van der Waals surface area contributed by atoms with E-state index in [1.165, 1.54) is 0 Å². The van der Waals surface area contributed by atoms with Gasteiger partial charge in [-0.15, -0.1) is 0 Å². The Balaban J connectivity index is 3.93. The van der Waals surface area contributed by atoms with Crippen LogP contribution < -0.4 is 5.90 Å². The molecular formula is C5H9NO4. The van der Waals surface area contributed by atoms with E-state index in [1.807, 2.05) is 0 Å². The minimum atomic E-state index is -0.628. The van der Waals surface area contributed by atoms with E-state index < -0.39 is 11.5 Å². The first kappa shape index (κ1) is 8.80. The van der Waals surface area contributed by atoms with E-state index in [1.54, 1.807) is 0 Å². The zero-order valence-electron chi connectivity index (χ0n) is 5.19. The van der Waals surface area contributed by atoms with Crippen LogP contribution in [0.2, 0.25) is 0 Å². The van der Waals surface area contributed by atoms with Gasteiger partial charge in [0.25, 0.3) is 0 Å². The van der Waals surface area contributed by atoms with E-state index >= 15 is 0 Å². The minimum Gasteiger partial charge on any atom is -0.512 e. The third-order valence-electron chi connectivity index (χ3n) is 0.758. The van der Waals surface area contributed by atoms with Crippen LogP contribution in [-0.4, -0.2) is 21.9 Å². The maximum absolute atomic E-state index is 8.70. The van der Waals surface area contributed by atoms with Crippen LogP contribution >= 0.6 is 0 Å². The predicted octanol–water partition coefficient (Wildman–Crippen LogP) is 0.276. The maximum Gasteiger partial charge on any atom is 0.192 e. The second kappa shape index (κ2) is 4.66. The molecular weight excluding hydrogens is 138 g/mol. The summed E-state index contributed by atoms with van der Waals surface area (Å²) in [6.45, 7) is -0.0380. The van der Waals surface area contributed by atoms with Crippen molar-refractivity contribution in [1.82, 2.24) is 0 Å². The van der Waals surface area contributed by atoms with Gasteiger partial charge < -0.3 is 20.2 Å². The summed E-state index contributed by atoms with van der Waals surface area (Å²) in [5.74, 6) is 3.49. The summed E-state index contributed by atoms with van der Waals surface area (Å²) in [5, 5.41) is 25.4. The van der Waals surface area contributed by atoms with Crippen molar-refractivity contribution in [3.8, 4) is 0 Å². The lowest BCUT2D eigenvalue weighted by atomic mass is 10.4. The Bertz CT molecular complexity index is 152. The molecule has 5 nitrogen and oxygen atoms in total. The zero-order valence-corrected chi connectivity index (χ0v) is 5.19. The Morgan fingerprint density at radius 2 is 2.00 bits per heavy atom. The molecule has 0 rings (SSSR count). The lowest BCUT2D eigenvalue weighted by Crippen LogP contribution is -1.99. The molecule has 10 heavy (non-hydrogen) atoms. The quantitative estimate of drug-likeness (QED) is 0.261. The molecule has 58 valence electrons. The SMILES string of the molecule is NOC/C=C(O)\C(O)=C\O. The van der Waals surface area contributed by atoms with Gasteiger partial charge in [0.15, 0.2) is 11.5 Å². The van der Waals surface area contributed by atoms with Gasteiger partial charge in [-0.05, 0) is 6.08 Å². The molecule has 5 heteroatoms. The predicted molar refractivity (Wildman–Crippen MR) is 34.2 cm³/mol. The third-order valence-corrected chi connectivity index (χ3v) is 0.758. The minimum absolute atomic E-state index is 0.0380. The number of rotatable bonds is 3. The van der Waals surface area contributed by atoms with Crippen LogP contribution in [-0.2, 0) is 4.84 Å². The number of hydrogen-bond acceptors (Lipinski definition) is 5. The van der Waals surface area contributed by atoms with Crippen molar-refractivity contribution in [2.45, 2.75) is 0 Å². The highest BCUT2D eigenvalue weighted by Crippen LogP contribution is 1.99. The highest BCUT2D eigenvalue weighted by Gasteiger charge is 1.97. The van der Waals surface area contributed by atoms with Gasteiger partial charge in [-0.25, -0.2) is 5.90 Å². The molecule has 5 N–H and O–H groups in total. The summed E-state index contributed by atoms with van der Waals surface area (Å²) in [4.78, 5) is 4.05. The number of aliphatic hydroxyl groups is 3. The summed E-state index contributed by atoms with van der Waals surface area (Å²) in [7, 11) is 0. The molecule has 0 unspecified atom stereocenters. The molecule has 0 radical (unpaired) electrons. The molecule has 0 atom stereocenters. The Labute approximate surface area is 57.6 Å². The molecule has 0 saturated carbocycles. The molecule has 0 aliphatic carbocycles. The summed E-state index contributed by atoms with van der Waals surface area (Å²) >= 11 is 0. The molecule has 0 amide bonds. The lowest BCUT2D eigenvalue weighted by molar-refractivity contribution is 0.164. The van der Waals surface area contributed by atoms with E-state index in [0.717, 1.165) is 6.08 Å². The second-order valence-corrected chi connectivity index (χ2v) is 1.44. The molecule has 0 saturated heterocycles. The Morgan fingerprint density at radius 3 is 2.40 bits per heavy atom. The first-order chi connectivity index (χ1) is 4.72. The second-order valence-electron chi connectivity index (χ2n) is 1.44. The number of hydrogen-bond donors (Lipinski definition) is 4. The first-order valence-electron chi connectivity index (χ1n) is 2.47. The summed E-state index contributed by atoms with van der Waals surface area (Å²) in [5.41, 5.74) is 0. The van der Waals surface area contributed by atoms with Crippen molar-refractivity contribution < 1.29 is 20.2 Å². The lowest BCUT2D eigenvalue weighted by Gasteiger charge is -1.95. The topological polar surface area (TPSA) is 95.9 Å². The third kappa shape index (κ3) is 2.95. The van der Waals surface area contributed by atoms with Crippen molar-refractivity contribution in [2.24, 2.45) is 5.90 Å². The number of aliphatic hydroxyl groups excluding tert-OH is 3. The van der Waals surface area contributed by atoms with Crippen LogP contribution in [0, 0.1) is 0 Å². The van der Waals surface area contributed by atoms with Crippen molar-refractivity contribution >= 4 is 0 Å². The van der Waals surface area contributed by atoms with E-state index in [9.17, 15) is 0 Å². The van der Waals surface area contributed by atoms with Gasteiger partial charge >= 0.3 is 0 Å². The van der Waals surface area contributed by atoms with Crippen LogP contribution in [0.4, 0.5) is 0 Å². The van der Waals surface area contributed by atoms with Gasteiger partial charge in [-0.3, -0.25) is 0 Å². The molecule has 0 bridgehead atoms. The van der Waals surface area contributed by atoms with Gasteiger partial charge in [-0.1, -0.05) is 0 Å². The van der Waals surface area contributed by atoms with E-state index in [4.69, 9.17) is 15.3 Å². The Morgan fingerprint density at radius 1 is 1.40 bits per heavy atom. The van der Waals surface area contributed by atoms with Crippen LogP contribution in [0.1, 0.15) is 0 Å². The van der Waals surface area contributed by atoms with Gasteiger partial charge in [0.05, 0.1) is 6.61 Å². The fourth-order valence-corrected chi connectivity index (χ4v) is 0.298. The summed E-state index contributed by atoms with van der Waals surface area (Å²) in [6.07, 6.45) is 1.46. The highest BCUT2D eigenvalue weighted by molar-refractivity contribution is 5.14. The van der Waals surface area contributed by atoms with Crippen molar-refractivity contribution in [1.29, 1.82) is 0 Å². The van der Waals surface area contributed by atoms with Crippen LogP contribution in [0.3, 0.4) is 0 Å². The highest BCUT2D eigenvalue weighted by atomic mass is 16.6. The fourth-order valence-electron chi connectivity index (χ4n) is 0.298. The maximum atomic E-state index is 8.70. The average molecular weight is 147 g/mol. The van der Waals surface area contributed by atoms with Gasteiger partial charge in [0.1, 0.15) is 6.26 Å². The molecule has 0 fully saturated rings. The van der Waals surface area contributed by atoms with E-state index in [0.29, 0.717) is 6.26 Å². The van der Waals surface area contributed by atoms with Crippen molar-refractivity contribution in [2.75, 3.05) is 6.61 Å². The molecule has 0 aliphatic rings. The molecule has 0 aliphatic heterocycles. The van der Waals surface area contributed by atoms with Crippen LogP contribution in [0.15, 0.2) is 23.9 Å². The molecule has 0 heterocycles. The zero-order chi connectivity index (χ0) is 7.98. The average Bonchev–Trinajstić information content (AvgIpc) is 1.98. The van der Waals surface area contributed by atoms with Crippen molar-refractivity contribution in [3.05, 3.63) is 23.9 Å². The number of nitrogens with two attached hydrogens (primary N) is 1. The van der Waals surface area contributed by atoms with Gasteiger partial charge in [0, 0.05) is 0 Å². The van der Waals surface area contributed by atoms with E-state index in [-0.39, 0.29) is 6.61 Å².